The summed E-state index contributed by atoms with van der Waals surface area (Å²) in [5.74, 6) is 0.746. The molecule has 0 saturated heterocycles. The van der Waals surface area contributed by atoms with Crippen molar-refractivity contribution < 1.29 is 4.74 Å². The predicted molar refractivity (Wildman–Crippen MR) is 81.6 cm³/mol. The van der Waals surface area contributed by atoms with Gasteiger partial charge in [-0.05, 0) is 31.2 Å². The smallest absolute Gasteiger partial charge is 0.189 e. The Morgan fingerprint density at radius 1 is 1.09 bits per heavy atom. The molecule has 0 spiro atoms. The number of hydrogen-bond acceptors (Lipinski definition) is 4. The van der Waals surface area contributed by atoms with E-state index in [1.54, 1.807) is 4.68 Å². The first-order chi connectivity index (χ1) is 10.8. The molecule has 22 heavy (non-hydrogen) atoms. The van der Waals surface area contributed by atoms with Crippen LogP contribution in [-0.2, 0) is 6.61 Å². The minimum Gasteiger partial charge on any atom is -0.487 e. The summed E-state index contributed by atoms with van der Waals surface area (Å²) >= 11 is 0. The summed E-state index contributed by atoms with van der Waals surface area (Å²) in [7, 11) is 0. The van der Waals surface area contributed by atoms with Crippen molar-refractivity contribution in [2.75, 3.05) is 0 Å². The highest BCUT2D eigenvalue weighted by Crippen LogP contribution is 2.17. The first kappa shape index (κ1) is 13.8. The SMILES string of the molecule is Cc1ccc(OCc2c(C#N)nnn2-c2ccccc2)cc1. The molecule has 0 atom stereocenters. The maximum absolute atomic E-state index is 9.19. The monoisotopic (exact) mass is 290 g/mol. The summed E-state index contributed by atoms with van der Waals surface area (Å²) in [5.41, 5.74) is 2.92. The molecule has 3 aromatic rings. The second-order valence-corrected chi connectivity index (χ2v) is 4.85. The molecule has 0 aliphatic heterocycles. The van der Waals surface area contributed by atoms with E-state index in [1.807, 2.05) is 61.5 Å². The largest absolute Gasteiger partial charge is 0.487 e. The molecule has 0 radical (unpaired) electrons. The number of rotatable bonds is 4. The number of ether oxygens (including phenoxy) is 1. The Morgan fingerprint density at radius 2 is 1.82 bits per heavy atom. The molecule has 0 N–H and O–H groups in total. The highest BCUT2D eigenvalue weighted by atomic mass is 16.5. The lowest BCUT2D eigenvalue weighted by atomic mass is 10.2. The van der Waals surface area contributed by atoms with Gasteiger partial charge in [0.15, 0.2) is 5.69 Å². The fourth-order valence-corrected chi connectivity index (χ4v) is 2.08. The number of aryl methyl sites for hydroxylation is 1. The number of para-hydroxylation sites is 1. The quantitative estimate of drug-likeness (QED) is 0.741. The van der Waals surface area contributed by atoms with Crippen molar-refractivity contribution in [2.24, 2.45) is 0 Å². The molecule has 1 heterocycles. The topological polar surface area (TPSA) is 63.7 Å². The van der Waals surface area contributed by atoms with Crippen molar-refractivity contribution in [2.45, 2.75) is 13.5 Å². The average Bonchev–Trinajstić information content (AvgIpc) is 2.98. The Morgan fingerprint density at radius 3 is 2.50 bits per heavy atom. The van der Waals surface area contributed by atoms with Crippen molar-refractivity contribution >= 4 is 0 Å². The summed E-state index contributed by atoms with van der Waals surface area (Å²) < 4.78 is 7.39. The van der Waals surface area contributed by atoms with Crippen LogP contribution < -0.4 is 4.74 Å². The van der Waals surface area contributed by atoms with E-state index in [0.717, 1.165) is 11.4 Å². The number of aromatic nitrogens is 3. The Balaban J connectivity index is 1.88. The van der Waals surface area contributed by atoms with Crippen LogP contribution in [0.2, 0.25) is 0 Å². The van der Waals surface area contributed by atoms with Crippen LogP contribution in [0, 0.1) is 18.3 Å². The van der Waals surface area contributed by atoms with Crippen LogP contribution >= 0.6 is 0 Å². The third kappa shape index (κ3) is 2.81. The molecule has 0 bridgehead atoms. The van der Waals surface area contributed by atoms with E-state index in [9.17, 15) is 5.26 Å². The van der Waals surface area contributed by atoms with E-state index >= 15 is 0 Å². The maximum Gasteiger partial charge on any atom is 0.189 e. The van der Waals surface area contributed by atoms with E-state index in [4.69, 9.17) is 4.74 Å². The van der Waals surface area contributed by atoms with Crippen LogP contribution in [0.15, 0.2) is 54.6 Å². The molecule has 108 valence electrons. The normalized spacial score (nSPS) is 10.2. The van der Waals surface area contributed by atoms with Crippen LogP contribution in [0.25, 0.3) is 5.69 Å². The van der Waals surface area contributed by atoms with Gasteiger partial charge in [0.05, 0.1) is 5.69 Å². The molecule has 2 aromatic carbocycles. The summed E-state index contributed by atoms with van der Waals surface area (Å²) in [4.78, 5) is 0. The molecule has 5 nitrogen and oxygen atoms in total. The first-order valence-electron chi connectivity index (χ1n) is 6.87. The minimum absolute atomic E-state index is 0.230. The van der Waals surface area contributed by atoms with E-state index in [0.29, 0.717) is 5.69 Å². The third-order valence-electron chi connectivity index (χ3n) is 3.27. The van der Waals surface area contributed by atoms with Crippen molar-refractivity contribution in [3.8, 4) is 17.5 Å². The molecule has 0 aliphatic rings. The standard InChI is InChI=1S/C17H14N4O/c1-13-7-9-15(10-8-13)22-12-17-16(11-18)19-20-21(17)14-5-3-2-4-6-14/h2-10H,12H2,1H3. The summed E-state index contributed by atoms with van der Waals surface area (Å²) in [6.45, 7) is 2.25. The van der Waals surface area contributed by atoms with Gasteiger partial charge in [-0.1, -0.05) is 41.1 Å². The van der Waals surface area contributed by atoms with E-state index in [2.05, 4.69) is 16.4 Å². The zero-order chi connectivity index (χ0) is 15.4. The Labute approximate surface area is 128 Å². The number of hydrogen-bond donors (Lipinski definition) is 0. The fraction of sp³-hybridized carbons (Fsp3) is 0.118. The van der Waals surface area contributed by atoms with Gasteiger partial charge in [-0.25, -0.2) is 4.68 Å². The van der Waals surface area contributed by atoms with Gasteiger partial charge in [0.25, 0.3) is 0 Å². The molecule has 0 saturated carbocycles. The Kier molecular flexibility index (Phi) is 3.84. The lowest BCUT2D eigenvalue weighted by Gasteiger charge is -2.09. The Bertz CT molecular complexity index is 801. The minimum atomic E-state index is 0.230. The van der Waals surface area contributed by atoms with E-state index in [-0.39, 0.29) is 12.3 Å². The first-order valence-corrected chi connectivity index (χ1v) is 6.87. The van der Waals surface area contributed by atoms with Crippen LogP contribution in [0.1, 0.15) is 17.0 Å². The van der Waals surface area contributed by atoms with Crippen molar-refractivity contribution in [3.63, 3.8) is 0 Å². The van der Waals surface area contributed by atoms with Gasteiger partial charge in [0.2, 0.25) is 0 Å². The van der Waals surface area contributed by atoms with E-state index in [1.165, 1.54) is 5.56 Å². The fourth-order valence-electron chi connectivity index (χ4n) is 2.08. The summed E-state index contributed by atoms with van der Waals surface area (Å²) in [6, 6.07) is 19.4. The zero-order valence-corrected chi connectivity index (χ0v) is 12.1. The molecule has 1 aromatic heterocycles. The van der Waals surface area contributed by atoms with Gasteiger partial charge in [0.1, 0.15) is 24.1 Å². The van der Waals surface area contributed by atoms with Gasteiger partial charge in [-0.3, -0.25) is 0 Å². The highest BCUT2D eigenvalue weighted by Gasteiger charge is 2.14. The molecule has 5 heteroatoms. The highest BCUT2D eigenvalue weighted by molar-refractivity contribution is 5.36. The van der Waals surface area contributed by atoms with Crippen molar-refractivity contribution in [3.05, 3.63) is 71.5 Å². The lowest BCUT2D eigenvalue weighted by molar-refractivity contribution is 0.297. The van der Waals surface area contributed by atoms with Gasteiger partial charge < -0.3 is 4.74 Å². The van der Waals surface area contributed by atoms with Gasteiger partial charge in [-0.2, -0.15) is 5.26 Å². The Hall–Kier alpha value is -3.13. The van der Waals surface area contributed by atoms with Gasteiger partial charge >= 0.3 is 0 Å². The van der Waals surface area contributed by atoms with Crippen LogP contribution in [0.4, 0.5) is 0 Å². The second kappa shape index (κ2) is 6.10. The van der Waals surface area contributed by atoms with Gasteiger partial charge in [-0.15, -0.1) is 5.10 Å². The molecule has 0 fully saturated rings. The van der Waals surface area contributed by atoms with E-state index < -0.39 is 0 Å². The summed E-state index contributed by atoms with van der Waals surface area (Å²) in [6.07, 6.45) is 0. The maximum atomic E-state index is 9.19. The molecule has 3 rings (SSSR count). The molecule has 0 unspecified atom stereocenters. The van der Waals surface area contributed by atoms with Crippen molar-refractivity contribution in [1.29, 1.82) is 5.26 Å². The van der Waals surface area contributed by atoms with Crippen LogP contribution in [-0.4, -0.2) is 15.0 Å². The number of benzene rings is 2. The predicted octanol–water partition coefficient (Wildman–Crippen LogP) is 3.03. The number of nitrogens with zero attached hydrogens (tertiary/aromatic N) is 4. The average molecular weight is 290 g/mol. The number of nitriles is 1. The summed E-state index contributed by atoms with van der Waals surface area (Å²) in [5, 5.41) is 17.1. The lowest BCUT2D eigenvalue weighted by Crippen LogP contribution is -2.07. The van der Waals surface area contributed by atoms with Gasteiger partial charge in [0, 0.05) is 0 Å². The molecular weight excluding hydrogens is 276 g/mol. The second-order valence-electron chi connectivity index (χ2n) is 4.85. The van der Waals surface area contributed by atoms with Crippen LogP contribution in [0.5, 0.6) is 5.75 Å². The molecular formula is C17H14N4O. The van der Waals surface area contributed by atoms with Crippen molar-refractivity contribution in [1.82, 2.24) is 15.0 Å². The zero-order valence-electron chi connectivity index (χ0n) is 12.1. The third-order valence-corrected chi connectivity index (χ3v) is 3.27. The molecule has 0 aliphatic carbocycles. The van der Waals surface area contributed by atoms with Crippen LogP contribution in [0.3, 0.4) is 0 Å². The molecule has 0 amide bonds.